The van der Waals surface area contributed by atoms with E-state index in [0.717, 1.165) is 23.2 Å². The second-order valence-electron chi connectivity index (χ2n) is 4.62. The number of hydrogen-bond acceptors (Lipinski definition) is 2. The summed E-state index contributed by atoms with van der Waals surface area (Å²) in [5.41, 5.74) is 4.23. The molecule has 2 nitrogen and oxygen atoms in total. The predicted molar refractivity (Wildman–Crippen MR) is 75.7 cm³/mol. The number of benzene rings is 1. The number of rotatable bonds is 4. The molecule has 19 heavy (non-hydrogen) atoms. The highest BCUT2D eigenvalue weighted by atomic mass is 19.1. The summed E-state index contributed by atoms with van der Waals surface area (Å²) in [6.07, 6.45) is 2.74. The van der Waals surface area contributed by atoms with Gasteiger partial charge in [0.05, 0.1) is 11.7 Å². The first kappa shape index (κ1) is 13.7. The minimum absolute atomic E-state index is 0.00301. The van der Waals surface area contributed by atoms with E-state index in [4.69, 9.17) is 0 Å². The summed E-state index contributed by atoms with van der Waals surface area (Å²) in [6.45, 7) is 4.04. The molecule has 1 aromatic heterocycles. The van der Waals surface area contributed by atoms with Crippen LogP contribution in [0.4, 0.5) is 4.39 Å². The van der Waals surface area contributed by atoms with Crippen LogP contribution in [-0.2, 0) is 6.42 Å². The highest BCUT2D eigenvalue weighted by Crippen LogP contribution is 2.26. The van der Waals surface area contributed by atoms with Crippen molar-refractivity contribution in [3.8, 4) is 0 Å². The van der Waals surface area contributed by atoms with Crippen LogP contribution in [0, 0.1) is 12.7 Å². The molecule has 1 aromatic carbocycles. The van der Waals surface area contributed by atoms with E-state index in [1.54, 1.807) is 12.3 Å². The van der Waals surface area contributed by atoms with Gasteiger partial charge in [0.25, 0.3) is 0 Å². The number of nitrogens with zero attached hydrogens (tertiary/aromatic N) is 1. The van der Waals surface area contributed by atoms with Gasteiger partial charge in [0.1, 0.15) is 5.82 Å². The standard InChI is InChI=1S/C16H19FN2/c1-4-12-6-5-9-19-15(12)16(18-3)14-8-7-13(17)10-11(14)2/h5-10,16,18H,4H2,1-3H3. The molecule has 0 radical (unpaired) electrons. The van der Waals surface area contributed by atoms with Gasteiger partial charge in [0, 0.05) is 6.20 Å². The first-order valence-corrected chi connectivity index (χ1v) is 6.54. The zero-order valence-electron chi connectivity index (χ0n) is 11.6. The van der Waals surface area contributed by atoms with E-state index in [1.807, 2.05) is 26.1 Å². The Bertz CT molecular complexity index is 566. The second kappa shape index (κ2) is 5.93. The number of pyridine rings is 1. The van der Waals surface area contributed by atoms with Crippen LogP contribution in [0.3, 0.4) is 0 Å². The Morgan fingerprint density at radius 3 is 2.74 bits per heavy atom. The molecular formula is C16H19FN2. The molecule has 0 saturated heterocycles. The molecule has 100 valence electrons. The van der Waals surface area contributed by atoms with Crippen LogP contribution in [0.1, 0.15) is 35.3 Å². The van der Waals surface area contributed by atoms with E-state index in [1.165, 1.54) is 11.6 Å². The SMILES string of the molecule is CCc1cccnc1C(NC)c1ccc(F)cc1C. The zero-order chi connectivity index (χ0) is 13.8. The molecule has 1 atom stereocenters. The fourth-order valence-electron chi connectivity index (χ4n) is 2.41. The van der Waals surface area contributed by atoms with Crippen LogP contribution in [0.2, 0.25) is 0 Å². The van der Waals surface area contributed by atoms with Crippen molar-refractivity contribution in [3.63, 3.8) is 0 Å². The molecule has 0 spiro atoms. The highest BCUT2D eigenvalue weighted by molar-refractivity contribution is 5.37. The summed E-state index contributed by atoms with van der Waals surface area (Å²) >= 11 is 0. The molecular weight excluding hydrogens is 239 g/mol. The Morgan fingerprint density at radius 2 is 2.11 bits per heavy atom. The van der Waals surface area contributed by atoms with Gasteiger partial charge >= 0.3 is 0 Å². The molecule has 0 aliphatic rings. The van der Waals surface area contributed by atoms with Gasteiger partial charge in [-0.25, -0.2) is 4.39 Å². The molecule has 1 N–H and O–H groups in total. The van der Waals surface area contributed by atoms with E-state index in [2.05, 4.69) is 23.3 Å². The molecule has 2 rings (SSSR count). The molecule has 0 bridgehead atoms. The average molecular weight is 258 g/mol. The number of hydrogen-bond donors (Lipinski definition) is 1. The topological polar surface area (TPSA) is 24.9 Å². The van der Waals surface area contributed by atoms with Crippen LogP contribution in [-0.4, -0.2) is 12.0 Å². The third kappa shape index (κ3) is 2.82. The smallest absolute Gasteiger partial charge is 0.123 e. The molecule has 0 saturated carbocycles. The monoisotopic (exact) mass is 258 g/mol. The van der Waals surface area contributed by atoms with Crippen molar-refractivity contribution in [1.82, 2.24) is 10.3 Å². The molecule has 2 aromatic rings. The molecule has 0 amide bonds. The number of halogens is 1. The van der Waals surface area contributed by atoms with Gasteiger partial charge in [0.2, 0.25) is 0 Å². The minimum Gasteiger partial charge on any atom is -0.308 e. The normalized spacial score (nSPS) is 12.4. The number of nitrogens with one attached hydrogen (secondary N) is 1. The Hall–Kier alpha value is -1.74. The Kier molecular flexibility index (Phi) is 4.27. The van der Waals surface area contributed by atoms with Crippen molar-refractivity contribution in [2.75, 3.05) is 7.05 Å². The average Bonchev–Trinajstić information content (AvgIpc) is 2.42. The zero-order valence-corrected chi connectivity index (χ0v) is 11.6. The second-order valence-corrected chi connectivity index (χ2v) is 4.62. The molecule has 0 fully saturated rings. The van der Waals surface area contributed by atoms with Crippen molar-refractivity contribution in [1.29, 1.82) is 0 Å². The highest BCUT2D eigenvalue weighted by Gasteiger charge is 2.18. The predicted octanol–water partition coefficient (Wildman–Crippen LogP) is 3.40. The fourth-order valence-corrected chi connectivity index (χ4v) is 2.41. The lowest BCUT2D eigenvalue weighted by atomic mass is 9.95. The summed E-state index contributed by atoms with van der Waals surface area (Å²) in [5.74, 6) is -0.201. The first-order chi connectivity index (χ1) is 9.17. The van der Waals surface area contributed by atoms with E-state index < -0.39 is 0 Å². The maximum Gasteiger partial charge on any atom is 0.123 e. The van der Waals surface area contributed by atoms with Crippen LogP contribution in [0.15, 0.2) is 36.5 Å². The lowest BCUT2D eigenvalue weighted by Gasteiger charge is -2.20. The summed E-state index contributed by atoms with van der Waals surface area (Å²) < 4.78 is 13.2. The maximum absolute atomic E-state index is 13.2. The van der Waals surface area contributed by atoms with E-state index in [0.29, 0.717) is 0 Å². The van der Waals surface area contributed by atoms with Crippen molar-refractivity contribution in [2.24, 2.45) is 0 Å². The molecule has 0 aliphatic heterocycles. The van der Waals surface area contributed by atoms with Crippen molar-refractivity contribution >= 4 is 0 Å². The lowest BCUT2D eigenvalue weighted by Crippen LogP contribution is -2.21. The van der Waals surface area contributed by atoms with Crippen molar-refractivity contribution < 1.29 is 4.39 Å². The van der Waals surface area contributed by atoms with Gasteiger partial charge in [-0.2, -0.15) is 0 Å². The summed E-state index contributed by atoms with van der Waals surface area (Å²) in [5, 5.41) is 3.28. The summed E-state index contributed by atoms with van der Waals surface area (Å²) in [6, 6.07) is 8.94. The van der Waals surface area contributed by atoms with Gasteiger partial charge in [-0.15, -0.1) is 0 Å². The van der Waals surface area contributed by atoms with Crippen LogP contribution in [0.5, 0.6) is 0 Å². The Balaban J connectivity index is 2.50. The van der Waals surface area contributed by atoms with Crippen molar-refractivity contribution in [2.45, 2.75) is 26.3 Å². The quantitative estimate of drug-likeness (QED) is 0.909. The van der Waals surface area contributed by atoms with Crippen LogP contribution < -0.4 is 5.32 Å². The van der Waals surface area contributed by atoms with E-state index >= 15 is 0 Å². The van der Waals surface area contributed by atoms with Crippen LogP contribution >= 0.6 is 0 Å². The van der Waals surface area contributed by atoms with Crippen LogP contribution in [0.25, 0.3) is 0 Å². The molecule has 3 heteroatoms. The van der Waals surface area contributed by atoms with Gasteiger partial charge in [-0.3, -0.25) is 4.98 Å². The third-order valence-electron chi connectivity index (χ3n) is 3.41. The molecule has 1 unspecified atom stereocenters. The number of aryl methyl sites for hydroxylation is 2. The van der Waals surface area contributed by atoms with Gasteiger partial charge in [0.15, 0.2) is 0 Å². The summed E-state index contributed by atoms with van der Waals surface area (Å²) in [7, 11) is 1.90. The van der Waals surface area contributed by atoms with E-state index in [9.17, 15) is 4.39 Å². The summed E-state index contributed by atoms with van der Waals surface area (Å²) in [4.78, 5) is 4.50. The first-order valence-electron chi connectivity index (χ1n) is 6.54. The maximum atomic E-state index is 13.2. The third-order valence-corrected chi connectivity index (χ3v) is 3.41. The number of aromatic nitrogens is 1. The van der Waals surface area contributed by atoms with E-state index in [-0.39, 0.29) is 11.9 Å². The van der Waals surface area contributed by atoms with Gasteiger partial charge < -0.3 is 5.32 Å². The fraction of sp³-hybridized carbons (Fsp3) is 0.312. The largest absolute Gasteiger partial charge is 0.308 e. The van der Waals surface area contributed by atoms with Crippen molar-refractivity contribution in [3.05, 3.63) is 64.7 Å². The Morgan fingerprint density at radius 1 is 1.32 bits per heavy atom. The molecule has 0 aliphatic carbocycles. The molecule has 1 heterocycles. The minimum atomic E-state index is -0.201. The van der Waals surface area contributed by atoms with Gasteiger partial charge in [-0.05, 0) is 55.3 Å². The Labute approximate surface area is 113 Å². The van der Waals surface area contributed by atoms with Gasteiger partial charge in [-0.1, -0.05) is 19.1 Å². The lowest BCUT2D eigenvalue weighted by molar-refractivity contribution is 0.618.